The Morgan fingerprint density at radius 2 is 2.23 bits per heavy atom. The Balaban J connectivity index is 2.79. The second kappa shape index (κ2) is 4.58. The topological polar surface area (TPSA) is 50.8 Å². The molecule has 0 bridgehead atoms. The number of halogens is 1. The third-order valence-electron chi connectivity index (χ3n) is 1.79. The van der Waals surface area contributed by atoms with E-state index < -0.39 is 0 Å². The molecule has 0 fully saturated rings. The largest absolute Gasteiger partial charge is 0.373 e. The standard InChI is InChI=1S/C8H14ClN3O/c1-5(2)7(13-3)8-10-6(4-9)11-12-8/h5,7H,4H2,1-3H3,(H,10,11,12). The average Bonchev–Trinajstić information content (AvgIpc) is 2.53. The molecule has 13 heavy (non-hydrogen) atoms. The minimum Gasteiger partial charge on any atom is -0.373 e. The van der Waals surface area contributed by atoms with Gasteiger partial charge in [0.2, 0.25) is 0 Å². The zero-order valence-corrected chi connectivity index (χ0v) is 8.80. The van der Waals surface area contributed by atoms with Crippen LogP contribution >= 0.6 is 11.6 Å². The first-order valence-electron chi connectivity index (χ1n) is 4.19. The molecule has 0 spiro atoms. The maximum absolute atomic E-state index is 5.59. The van der Waals surface area contributed by atoms with Crippen molar-refractivity contribution in [3.05, 3.63) is 11.6 Å². The smallest absolute Gasteiger partial charge is 0.179 e. The number of alkyl halides is 1. The van der Waals surface area contributed by atoms with E-state index in [9.17, 15) is 0 Å². The fourth-order valence-electron chi connectivity index (χ4n) is 1.17. The lowest BCUT2D eigenvalue weighted by Gasteiger charge is -2.14. The molecule has 0 saturated heterocycles. The van der Waals surface area contributed by atoms with Gasteiger partial charge in [-0.25, -0.2) is 4.98 Å². The number of hydrogen-bond acceptors (Lipinski definition) is 3. The number of nitrogens with one attached hydrogen (secondary N) is 1. The van der Waals surface area contributed by atoms with Crippen LogP contribution in [-0.2, 0) is 10.6 Å². The maximum Gasteiger partial charge on any atom is 0.179 e. The van der Waals surface area contributed by atoms with Gasteiger partial charge in [-0.15, -0.1) is 11.6 Å². The van der Waals surface area contributed by atoms with E-state index in [1.807, 2.05) is 0 Å². The first-order chi connectivity index (χ1) is 6.19. The minimum absolute atomic E-state index is 0.0618. The molecule has 1 aromatic heterocycles. The highest BCUT2D eigenvalue weighted by atomic mass is 35.5. The molecular formula is C8H14ClN3O. The van der Waals surface area contributed by atoms with Crippen molar-refractivity contribution in [1.82, 2.24) is 15.2 Å². The summed E-state index contributed by atoms with van der Waals surface area (Å²) in [6, 6.07) is 0. The number of H-pyrrole nitrogens is 1. The van der Waals surface area contributed by atoms with Crippen LogP contribution in [0.3, 0.4) is 0 Å². The normalized spacial score (nSPS) is 13.6. The molecule has 0 aromatic carbocycles. The van der Waals surface area contributed by atoms with Crippen LogP contribution in [0.4, 0.5) is 0 Å². The molecule has 5 heteroatoms. The Hall–Kier alpha value is -0.610. The number of hydrogen-bond donors (Lipinski definition) is 1. The van der Waals surface area contributed by atoms with E-state index >= 15 is 0 Å². The van der Waals surface area contributed by atoms with Crippen LogP contribution in [0.1, 0.15) is 31.6 Å². The maximum atomic E-state index is 5.59. The van der Waals surface area contributed by atoms with Crippen LogP contribution in [0.15, 0.2) is 0 Å². The van der Waals surface area contributed by atoms with E-state index in [1.54, 1.807) is 7.11 Å². The van der Waals surface area contributed by atoms with E-state index in [0.717, 1.165) is 0 Å². The summed E-state index contributed by atoms with van der Waals surface area (Å²) in [7, 11) is 1.65. The summed E-state index contributed by atoms with van der Waals surface area (Å²) in [6.45, 7) is 4.12. The quantitative estimate of drug-likeness (QED) is 0.761. The van der Waals surface area contributed by atoms with Crippen molar-refractivity contribution in [2.75, 3.05) is 7.11 Å². The van der Waals surface area contributed by atoms with Gasteiger partial charge in [0.1, 0.15) is 11.9 Å². The zero-order chi connectivity index (χ0) is 9.84. The lowest BCUT2D eigenvalue weighted by Crippen LogP contribution is -2.10. The van der Waals surface area contributed by atoms with Gasteiger partial charge in [-0.1, -0.05) is 13.8 Å². The number of aromatic nitrogens is 3. The molecule has 1 heterocycles. The van der Waals surface area contributed by atoms with Gasteiger partial charge in [-0.2, -0.15) is 5.10 Å². The summed E-state index contributed by atoms with van der Waals surface area (Å²) < 4.78 is 5.27. The Morgan fingerprint density at radius 3 is 2.62 bits per heavy atom. The summed E-state index contributed by atoms with van der Waals surface area (Å²) in [5.41, 5.74) is 0. The van der Waals surface area contributed by atoms with Crippen LogP contribution < -0.4 is 0 Å². The molecule has 0 aliphatic heterocycles. The van der Waals surface area contributed by atoms with Crippen LogP contribution in [0.25, 0.3) is 0 Å². The number of methoxy groups -OCH3 is 1. The van der Waals surface area contributed by atoms with Crippen LogP contribution in [-0.4, -0.2) is 22.3 Å². The zero-order valence-electron chi connectivity index (χ0n) is 8.04. The second-order valence-electron chi connectivity index (χ2n) is 3.17. The lowest BCUT2D eigenvalue weighted by molar-refractivity contribution is 0.0577. The molecule has 0 radical (unpaired) electrons. The predicted molar refractivity (Wildman–Crippen MR) is 50.5 cm³/mol. The average molecular weight is 204 g/mol. The SMILES string of the molecule is COC(c1n[nH]c(CCl)n1)C(C)C. The third-order valence-corrected chi connectivity index (χ3v) is 2.04. The molecule has 0 saturated carbocycles. The molecule has 1 N–H and O–H groups in total. The summed E-state index contributed by atoms with van der Waals surface area (Å²) in [4.78, 5) is 4.20. The van der Waals surface area contributed by atoms with Gasteiger partial charge < -0.3 is 4.74 Å². The fraction of sp³-hybridized carbons (Fsp3) is 0.750. The predicted octanol–water partition coefficient (Wildman–Crippen LogP) is 1.89. The molecule has 1 atom stereocenters. The Kier molecular flexibility index (Phi) is 3.69. The van der Waals surface area contributed by atoms with Gasteiger partial charge in [-0.3, -0.25) is 5.10 Å². The number of aromatic amines is 1. The summed E-state index contributed by atoms with van der Waals surface area (Å²) in [5.74, 6) is 2.05. The molecule has 0 aliphatic rings. The first-order valence-corrected chi connectivity index (χ1v) is 4.72. The highest BCUT2D eigenvalue weighted by Gasteiger charge is 2.19. The first kappa shape index (κ1) is 10.5. The summed E-state index contributed by atoms with van der Waals surface area (Å²) in [5, 5.41) is 6.79. The molecule has 1 rings (SSSR count). The van der Waals surface area contributed by atoms with Crippen LogP contribution in [0.5, 0.6) is 0 Å². The van der Waals surface area contributed by atoms with Gasteiger partial charge >= 0.3 is 0 Å². The van der Waals surface area contributed by atoms with Crippen molar-refractivity contribution in [3.63, 3.8) is 0 Å². The summed E-state index contributed by atoms with van der Waals surface area (Å²) >= 11 is 5.59. The van der Waals surface area contributed by atoms with Crippen molar-refractivity contribution < 1.29 is 4.74 Å². The number of nitrogens with zero attached hydrogens (tertiary/aromatic N) is 2. The Bertz CT molecular complexity index is 262. The van der Waals surface area contributed by atoms with Gasteiger partial charge in [0, 0.05) is 7.11 Å². The Morgan fingerprint density at radius 1 is 1.54 bits per heavy atom. The van der Waals surface area contributed by atoms with Crippen molar-refractivity contribution in [2.24, 2.45) is 5.92 Å². The molecule has 74 valence electrons. The van der Waals surface area contributed by atoms with Gasteiger partial charge in [0.15, 0.2) is 5.82 Å². The molecule has 0 amide bonds. The van der Waals surface area contributed by atoms with Gasteiger partial charge in [0.25, 0.3) is 0 Å². The summed E-state index contributed by atoms with van der Waals surface area (Å²) in [6.07, 6.45) is -0.0618. The van der Waals surface area contributed by atoms with E-state index in [2.05, 4.69) is 29.0 Å². The lowest BCUT2D eigenvalue weighted by atomic mass is 10.1. The van der Waals surface area contributed by atoms with E-state index in [-0.39, 0.29) is 6.10 Å². The molecule has 0 aliphatic carbocycles. The van der Waals surface area contributed by atoms with Crippen molar-refractivity contribution in [2.45, 2.75) is 25.8 Å². The number of rotatable bonds is 4. The van der Waals surface area contributed by atoms with Gasteiger partial charge in [0.05, 0.1) is 5.88 Å². The molecule has 1 unspecified atom stereocenters. The highest BCUT2D eigenvalue weighted by molar-refractivity contribution is 6.16. The van der Waals surface area contributed by atoms with Crippen molar-refractivity contribution in [1.29, 1.82) is 0 Å². The fourth-order valence-corrected chi connectivity index (χ4v) is 1.29. The van der Waals surface area contributed by atoms with E-state index in [1.165, 1.54) is 0 Å². The minimum atomic E-state index is -0.0618. The highest BCUT2D eigenvalue weighted by Crippen LogP contribution is 2.21. The van der Waals surface area contributed by atoms with Crippen molar-refractivity contribution >= 4 is 11.6 Å². The number of ether oxygens (including phenoxy) is 1. The monoisotopic (exact) mass is 203 g/mol. The van der Waals surface area contributed by atoms with Crippen LogP contribution in [0, 0.1) is 5.92 Å². The van der Waals surface area contributed by atoms with Gasteiger partial charge in [-0.05, 0) is 5.92 Å². The Labute approximate surface area is 82.7 Å². The third kappa shape index (κ3) is 2.42. The molecule has 1 aromatic rings. The van der Waals surface area contributed by atoms with Crippen LogP contribution in [0.2, 0.25) is 0 Å². The van der Waals surface area contributed by atoms with E-state index in [4.69, 9.17) is 16.3 Å². The molecular weight excluding hydrogens is 190 g/mol. The van der Waals surface area contributed by atoms with E-state index in [0.29, 0.717) is 23.4 Å². The molecule has 4 nitrogen and oxygen atoms in total. The van der Waals surface area contributed by atoms with Crippen molar-refractivity contribution in [3.8, 4) is 0 Å². The second-order valence-corrected chi connectivity index (χ2v) is 3.44.